The van der Waals surface area contributed by atoms with Crippen LogP contribution < -0.4 is 0 Å². The molecule has 1 aliphatic heterocycles. The van der Waals surface area contributed by atoms with E-state index in [9.17, 15) is 4.79 Å². The van der Waals surface area contributed by atoms with E-state index in [0.29, 0.717) is 6.61 Å². The highest BCUT2D eigenvalue weighted by Crippen LogP contribution is 2.28. The molecule has 0 aliphatic carbocycles. The van der Waals surface area contributed by atoms with Gasteiger partial charge in [-0.3, -0.25) is 0 Å². The molecule has 1 heterocycles. The van der Waals surface area contributed by atoms with Crippen molar-refractivity contribution >= 4 is 14.2 Å². The van der Waals surface area contributed by atoms with Gasteiger partial charge >= 0.3 is 6.16 Å². The number of rotatable bonds is 6. The van der Waals surface area contributed by atoms with Gasteiger partial charge in [0.1, 0.15) is 12.7 Å². The third-order valence-electron chi connectivity index (χ3n) is 3.90. The van der Waals surface area contributed by atoms with Gasteiger partial charge < -0.3 is 9.47 Å². The minimum Gasteiger partial charge on any atom is -0.430 e. The molecule has 0 N–H and O–H groups in total. The molecule has 0 spiro atoms. The Morgan fingerprint density at radius 3 is 2.27 bits per heavy atom. The average molecular weight is 230 g/mol. The van der Waals surface area contributed by atoms with Crippen LogP contribution in [-0.2, 0) is 9.47 Å². The zero-order valence-corrected chi connectivity index (χ0v) is 11.0. The van der Waals surface area contributed by atoms with Crippen molar-refractivity contribution in [2.24, 2.45) is 0 Å². The van der Waals surface area contributed by atoms with E-state index in [2.05, 4.69) is 20.8 Å². The number of carbonyl (C=O) groups excluding carboxylic acids is 1. The van der Waals surface area contributed by atoms with Gasteiger partial charge in [-0.15, -0.1) is 0 Å². The third kappa shape index (κ3) is 3.23. The van der Waals surface area contributed by atoms with Crippen LogP contribution in [0.5, 0.6) is 0 Å². The smallest absolute Gasteiger partial charge is 0.430 e. The van der Waals surface area contributed by atoms with Gasteiger partial charge in [-0.1, -0.05) is 44.9 Å². The summed E-state index contributed by atoms with van der Waals surface area (Å²) in [6.45, 7) is 7.36. The molecule has 1 rings (SSSR count). The summed E-state index contributed by atoms with van der Waals surface area (Å²) in [5.74, 6) is 0. The van der Waals surface area contributed by atoms with Crippen LogP contribution in [0.2, 0.25) is 24.2 Å². The first kappa shape index (κ1) is 12.6. The minimum absolute atomic E-state index is 0.0222. The molecule has 0 aromatic rings. The summed E-state index contributed by atoms with van der Waals surface area (Å²) in [5.41, 5.74) is 0. The molecule has 0 amide bonds. The van der Waals surface area contributed by atoms with Crippen LogP contribution in [0.15, 0.2) is 0 Å². The van der Waals surface area contributed by atoms with Gasteiger partial charge in [0.25, 0.3) is 0 Å². The molecule has 88 valence electrons. The fourth-order valence-electron chi connectivity index (χ4n) is 2.25. The molecule has 0 aromatic heterocycles. The Balaban J connectivity index is 2.36. The fourth-order valence-corrected chi connectivity index (χ4v) is 5.75. The second kappa shape index (κ2) is 5.54. The molecular weight excluding hydrogens is 208 g/mol. The van der Waals surface area contributed by atoms with Crippen molar-refractivity contribution in [2.75, 3.05) is 6.61 Å². The first-order chi connectivity index (χ1) is 7.15. The lowest BCUT2D eigenvalue weighted by molar-refractivity contribution is 0.117. The van der Waals surface area contributed by atoms with E-state index in [-0.39, 0.29) is 6.10 Å². The zero-order valence-electron chi connectivity index (χ0n) is 10.0. The third-order valence-corrected chi connectivity index (χ3v) is 9.75. The van der Waals surface area contributed by atoms with E-state index >= 15 is 0 Å². The molecule has 0 radical (unpaired) electrons. The highest BCUT2D eigenvalue weighted by molar-refractivity contribution is 6.79. The standard InChI is InChI=1S/C11H22O3Si/c1-4-15(5-2,6-3)8-7-10-9-13-11(12)14-10/h10H,4-9H2,1-3H3. The highest BCUT2D eigenvalue weighted by atomic mass is 28.3. The van der Waals surface area contributed by atoms with Crippen molar-refractivity contribution in [1.82, 2.24) is 0 Å². The molecule has 15 heavy (non-hydrogen) atoms. The number of hydrogen-bond donors (Lipinski definition) is 0. The lowest BCUT2D eigenvalue weighted by Crippen LogP contribution is -2.32. The maximum Gasteiger partial charge on any atom is 0.508 e. The van der Waals surface area contributed by atoms with E-state index in [1.54, 1.807) is 0 Å². The van der Waals surface area contributed by atoms with Gasteiger partial charge in [0.2, 0.25) is 0 Å². The SMILES string of the molecule is CC[Si](CC)(CC)CCC1COC(=O)O1. The molecule has 1 aliphatic rings. The van der Waals surface area contributed by atoms with Crippen LogP contribution in [0.25, 0.3) is 0 Å². The predicted molar refractivity (Wildman–Crippen MR) is 62.8 cm³/mol. The summed E-state index contributed by atoms with van der Waals surface area (Å²) < 4.78 is 9.84. The molecule has 0 aromatic carbocycles. The largest absolute Gasteiger partial charge is 0.508 e. The summed E-state index contributed by atoms with van der Waals surface area (Å²) in [7, 11) is -1.05. The van der Waals surface area contributed by atoms with Crippen molar-refractivity contribution in [3.8, 4) is 0 Å². The Bertz CT molecular complexity index is 206. The normalized spacial score (nSPS) is 21.3. The van der Waals surface area contributed by atoms with E-state index < -0.39 is 14.2 Å². The molecule has 0 saturated carbocycles. The summed E-state index contributed by atoms with van der Waals surface area (Å²) in [4.78, 5) is 10.8. The van der Waals surface area contributed by atoms with Crippen LogP contribution in [0, 0.1) is 0 Å². The van der Waals surface area contributed by atoms with Gasteiger partial charge in [-0.25, -0.2) is 4.79 Å². The van der Waals surface area contributed by atoms with Crippen LogP contribution in [0.3, 0.4) is 0 Å². The molecular formula is C11H22O3Si. The first-order valence-corrected chi connectivity index (χ1v) is 8.82. The van der Waals surface area contributed by atoms with Crippen LogP contribution in [0.4, 0.5) is 4.79 Å². The number of carbonyl (C=O) groups is 1. The van der Waals surface area contributed by atoms with Crippen molar-refractivity contribution < 1.29 is 14.3 Å². The van der Waals surface area contributed by atoms with Gasteiger partial charge in [-0.2, -0.15) is 0 Å². The van der Waals surface area contributed by atoms with Gasteiger partial charge in [-0.05, 0) is 6.42 Å². The lowest BCUT2D eigenvalue weighted by Gasteiger charge is -2.28. The molecule has 1 fully saturated rings. The van der Waals surface area contributed by atoms with Crippen LogP contribution in [-0.4, -0.2) is 26.9 Å². The monoisotopic (exact) mass is 230 g/mol. The number of hydrogen-bond acceptors (Lipinski definition) is 3. The maximum atomic E-state index is 10.8. The van der Waals surface area contributed by atoms with E-state index in [1.165, 1.54) is 24.2 Å². The van der Waals surface area contributed by atoms with E-state index in [0.717, 1.165) is 6.42 Å². The number of cyclic esters (lactones) is 2. The Hall–Kier alpha value is -0.513. The zero-order chi connectivity index (χ0) is 11.3. The summed E-state index contributed by atoms with van der Waals surface area (Å²) in [5, 5.41) is 0. The quantitative estimate of drug-likeness (QED) is 0.518. The van der Waals surface area contributed by atoms with E-state index in [1.807, 2.05) is 0 Å². The summed E-state index contributed by atoms with van der Waals surface area (Å²) in [6, 6.07) is 5.27. The van der Waals surface area contributed by atoms with Gasteiger partial charge in [0.15, 0.2) is 0 Å². The lowest BCUT2D eigenvalue weighted by atomic mass is 10.3. The molecule has 1 unspecified atom stereocenters. The van der Waals surface area contributed by atoms with Crippen molar-refractivity contribution in [3.63, 3.8) is 0 Å². The minimum atomic E-state index is -1.05. The Morgan fingerprint density at radius 1 is 1.27 bits per heavy atom. The summed E-state index contributed by atoms with van der Waals surface area (Å²) >= 11 is 0. The Morgan fingerprint density at radius 2 is 1.87 bits per heavy atom. The van der Waals surface area contributed by atoms with Crippen LogP contribution >= 0.6 is 0 Å². The van der Waals surface area contributed by atoms with Crippen molar-refractivity contribution in [2.45, 2.75) is 57.5 Å². The molecule has 4 heteroatoms. The fraction of sp³-hybridized carbons (Fsp3) is 0.909. The Kier molecular flexibility index (Phi) is 4.64. The van der Waals surface area contributed by atoms with Crippen molar-refractivity contribution in [1.29, 1.82) is 0 Å². The topological polar surface area (TPSA) is 35.5 Å². The van der Waals surface area contributed by atoms with Gasteiger partial charge in [0, 0.05) is 0 Å². The Labute approximate surface area is 93.2 Å². The second-order valence-corrected chi connectivity index (χ2v) is 10.0. The predicted octanol–water partition coefficient (Wildman–Crippen LogP) is 3.42. The van der Waals surface area contributed by atoms with Gasteiger partial charge in [0.05, 0.1) is 8.07 Å². The maximum absolute atomic E-state index is 10.8. The molecule has 1 atom stereocenters. The van der Waals surface area contributed by atoms with Crippen molar-refractivity contribution in [3.05, 3.63) is 0 Å². The molecule has 3 nitrogen and oxygen atoms in total. The molecule has 0 bridgehead atoms. The van der Waals surface area contributed by atoms with Crippen LogP contribution in [0.1, 0.15) is 27.2 Å². The highest BCUT2D eigenvalue weighted by Gasteiger charge is 2.31. The second-order valence-electron chi connectivity index (χ2n) is 4.40. The average Bonchev–Trinajstić information content (AvgIpc) is 2.67. The van der Waals surface area contributed by atoms with E-state index in [4.69, 9.17) is 9.47 Å². The summed E-state index contributed by atoms with van der Waals surface area (Å²) in [6.07, 6.45) is 0.527. The molecule has 1 saturated heterocycles. The number of ether oxygens (including phenoxy) is 2. The first-order valence-electron chi connectivity index (χ1n) is 5.99.